The number of rotatable bonds is 5. The van der Waals surface area contributed by atoms with Crippen LogP contribution in [0.3, 0.4) is 0 Å². The number of hydrogen-bond acceptors (Lipinski definition) is 1. The van der Waals surface area contributed by atoms with E-state index in [0.717, 1.165) is 6.04 Å². The Labute approximate surface area is 67.1 Å². The molecule has 0 saturated carbocycles. The van der Waals surface area contributed by atoms with Gasteiger partial charge in [0, 0.05) is 5.60 Å². The molecule has 0 fully saturated rings. The van der Waals surface area contributed by atoms with Crippen LogP contribution in [0.4, 0.5) is 0 Å². The van der Waals surface area contributed by atoms with E-state index >= 15 is 0 Å². The molecule has 0 atom stereocenters. The Kier molecular flexibility index (Phi) is 5.00. The second kappa shape index (κ2) is 4.91. The Hall–Kier alpha value is 0.177. The molecule has 0 rings (SSSR count). The van der Waals surface area contributed by atoms with Crippen molar-refractivity contribution >= 4 is 9.76 Å². The van der Waals surface area contributed by atoms with E-state index in [4.69, 9.17) is 4.43 Å². The minimum atomic E-state index is -0.314. The van der Waals surface area contributed by atoms with Gasteiger partial charge in [0.05, 0.1) is 0 Å². The lowest BCUT2D eigenvalue weighted by Gasteiger charge is -2.24. The molecule has 0 aromatic carbocycles. The van der Waals surface area contributed by atoms with Gasteiger partial charge in [0.25, 0.3) is 0 Å². The standard InChI is InChI=1S/C8H19OSi/c1-5-7-8(3,4)9-10-6-2/h2,5-7,10H2,1,3-4H3. The van der Waals surface area contributed by atoms with Gasteiger partial charge >= 0.3 is 0 Å². The van der Waals surface area contributed by atoms with Crippen molar-refractivity contribution in [3.8, 4) is 0 Å². The zero-order chi connectivity index (χ0) is 8.04. The lowest BCUT2D eigenvalue weighted by molar-refractivity contribution is 0.105. The third-order valence-corrected chi connectivity index (χ3v) is 2.76. The van der Waals surface area contributed by atoms with E-state index in [9.17, 15) is 0 Å². The first kappa shape index (κ1) is 10.2. The quantitative estimate of drug-likeness (QED) is 0.557. The maximum atomic E-state index is 5.70. The fraction of sp³-hybridized carbons (Fsp3) is 0.875. The van der Waals surface area contributed by atoms with Crippen LogP contribution >= 0.6 is 0 Å². The van der Waals surface area contributed by atoms with Crippen LogP contribution < -0.4 is 0 Å². The average molecular weight is 159 g/mol. The molecule has 2 heteroatoms. The molecule has 0 aliphatic carbocycles. The van der Waals surface area contributed by atoms with Gasteiger partial charge in [0.2, 0.25) is 0 Å². The molecule has 0 spiro atoms. The molecular formula is C8H19OSi. The Morgan fingerprint density at radius 1 is 1.50 bits per heavy atom. The molecule has 0 aromatic rings. The van der Waals surface area contributed by atoms with Gasteiger partial charge in [0.1, 0.15) is 0 Å². The van der Waals surface area contributed by atoms with Crippen molar-refractivity contribution in [1.82, 2.24) is 0 Å². The SMILES string of the molecule is [CH2]C[SiH2]OC(C)(C)CCC. The summed E-state index contributed by atoms with van der Waals surface area (Å²) < 4.78 is 5.70. The van der Waals surface area contributed by atoms with E-state index in [1.165, 1.54) is 12.8 Å². The Bertz CT molecular complexity index is 81.3. The summed E-state index contributed by atoms with van der Waals surface area (Å²) in [5.74, 6) is 0. The second-order valence-electron chi connectivity index (χ2n) is 3.21. The van der Waals surface area contributed by atoms with Crippen molar-refractivity contribution in [2.45, 2.75) is 45.3 Å². The van der Waals surface area contributed by atoms with Crippen molar-refractivity contribution in [3.63, 3.8) is 0 Å². The summed E-state index contributed by atoms with van der Waals surface area (Å²) in [6.07, 6.45) is 2.37. The van der Waals surface area contributed by atoms with Gasteiger partial charge in [0.15, 0.2) is 9.76 Å². The molecule has 0 heterocycles. The van der Waals surface area contributed by atoms with E-state index in [0.29, 0.717) is 0 Å². The molecule has 0 bridgehead atoms. The average Bonchev–Trinajstić information content (AvgIpc) is 1.84. The second-order valence-corrected chi connectivity index (χ2v) is 4.62. The van der Waals surface area contributed by atoms with Gasteiger partial charge in [-0.2, -0.15) is 0 Å². The van der Waals surface area contributed by atoms with Gasteiger partial charge in [-0.05, 0) is 26.3 Å². The zero-order valence-corrected chi connectivity index (χ0v) is 8.86. The third-order valence-electron chi connectivity index (χ3n) is 1.49. The smallest absolute Gasteiger partial charge is 0.162 e. The van der Waals surface area contributed by atoms with Crippen LogP contribution in [0.15, 0.2) is 0 Å². The molecule has 61 valence electrons. The van der Waals surface area contributed by atoms with Crippen LogP contribution in [-0.4, -0.2) is 15.4 Å². The molecule has 1 nitrogen and oxygen atoms in total. The lowest BCUT2D eigenvalue weighted by Crippen LogP contribution is -2.25. The fourth-order valence-electron chi connectivity index (χ4n) is 1.02. The van der Waals surface area contributed by atoms with Crippen molar-refractivity contribution in [3.05, 3.63) is 6.92 Å². The Morgan fingerprint density at radius 2 is 2.10 bits per heavy atom. The van der Waals surface area contributed by atoms with E-state index < -0.39 is 0 Å². The molecule has 0 aliphatic heterocycles. The normalized spacial score (nSPS) is 13.2. The van der Waals surface area contributed by atoms with Crippen molar-refractivity contribution in [2.24, 2.45) is 0 Å². The summed E-state index contributed by atoms with van der Waals surface area (Å²) in [4.78, 5) is 0. The number of hydrogen-bond donors (Lipinski definition) is 0. The largest absolute Gasteiger partial charge is 0.419 e. The van der Waals surface area contributed by atoms with Crippen LogP contribution in [-0.2, 0) is 4.43 Å². The van der Waals surface area contributed by atoms with E-state index in [1.54, 1.807) is 0 Å². The minimum Gasteiger partial charge on any atom is -0.419 e. The van der Waals surface area contributed by atoms with Crippen molar-refractivity contribution < 1.29 is 4.43 Å². The van der Waals surface area contributed by atoms with Crippen molar-refractivity contribution in [1.29, 1.82) is 0 Å². The summed E-state index contributed by atoms with van der Waals surface area (Å²) in [5, 5.41) is 0. The molecule has 0 aliphatic rings. The third kappa shape index (κ3) is 5.00. The zero-order valence-electron chi connectivity index (χ0n) is 7.44. The Balaban J connectivity index is 3.42. The molecule has 0 saturated heterocycles. The van der Waals surface area contributed by atoms with Gasteiger partial charge in [-0.15, -0.1) is 0 Å². The molecule has 0 N–H and O–H groups in total. The topological polar surface area (TPSA) is 9.23 Å². The molecule has 10 heavy (non-hydrogen) atoms. The van der Waals surface area contributed by atoms with Crippen LogP contribution in [0.2, 0.25) is 6.04 Å². The highest BCUT2D eigenvalue weighted by Crippen LogP contribution is 2.15. The predicted octanol–water partition coefficient (Wildman–Crippen LogP) is 1.92. The minimum absolute atomic E-state index is 0.124. The highest BCUT2D eigenvalue weighted by atomic mass is 28.2. The predicted molar refractivity (Wildman–Crippen MR) is 48.8 cm³/mol. The van der Waals surface area contributed by atoms with Crippen LogP contribution in [0.1, 0.15) is 33.6 Å². The first-order chi connectivity index (χ1) is 4.62. The molecule has 1 radical (unpaired) electrons. The summed E-state index contributed by atoms with van der Waals surface area (Å²) in [6, 6.07) is 1.01. The monoisotopic (exact) mass is 159 g/mol. The molecule has 0 unspecified atom stereocenters. The first-order valence-electron chi connectivity index (χ1n) is 4.05. The van der Waals surface area contributed by atoms with E-state index in [1.807, 2.05) is 0 Å². The molecule has 0 aromatic heterocycles. The van der Waals surface area contributed by atoms with Crippen LogP contribution in [0, 0.1) is 6.92 Å². The maximum Gasteiger partial charge on any atom is 0.162 e. The van der Waals surface area contributed by atoms with E-state index in [2.05, 4.69) is 27.7 Å². The highest BCUT2D eigenvalue weighted by Gasteiger charge is 2.14. The first-order valence-corrected chi connectivity index (χ1v) is 5.63. The Morgan fingerprint density at radius 3 is 2.50 bits per heavy atom. The van der Waals surface area contributed by atoms with Crippen molar-refractivity contribution in [2.75, 3.05) is 0 Å². The fourth-order valence-corrected chi connectivity index (χ4v) is 1.86. The van der Waals surface area contributed by atoms with Gasteiger partial charge in [-0.1, -0.05) is 20.3 Å². The van der Waals surface area contributed by atoms with Crippen LogP contribution in [0.5, 0.6) is 0 Å². The molecular weight excluding hydrogens is 140 g/mol. The summed E-state index contributed by atoms with van der Waals surface area (Å²) >= 11 is 0. The van der Waals surface area contributed by atoms with E-state index in [-0.39, 0.29) is 15.4 Å². The summed E-state index contributed by atoms with van der Waals surface area (Å²) in [6.45, 7) is 10.3. The summed E-state index contributed by atoms with van der Waals surface area (Å²) in [5.41, 5.74) is 0.124. The van der Waals surface area contributed by atoms with Gasteiger partial charge in [-0.25, -0.2) is 0 Å². The highest BCUT2D eigenvalue weighted by molar-refractivity contribution is 6.27. The molecule has 0 amide bonds. The van der Waals surface area contributed by atoms with Gasteiger partial charge < -0.3 is 4.43 Å². The van der Waals surface area contributed by atoms with Crippen LogP contribution in [0.25, 0.3) is 0 Å². The summed E-state index contributed by atoms with van der Waals surface area (Å²) in [7, 11) is -0.314. The lowest BCUT2D eigenvalue weighted by atomic mass is 10.0. The maximum absolute atomic E-state index is 5.70. The van der Waals surface area contributed by atoms with Gasteiger partial charge in [-0.3, -0.25) is 0 Å².